The maximum absolute atomic E-state index is 13.0. The summed E-state index contributed by atoms with van der Waals surface area (Å²) in [6, 6.07) is 19.7. The standard InChI is InChI=1S/C20H22N4O2S2/c1-26-13-12-21-19-22-23-20(28-19)27-15-18(25)24(17-10-6-3-7-11-17)14-16-8-4-2-5-9-16/h2-11H,12-15H2,1H3,(H,21,22). The van der Waals surface area contributed by atoms with Gasteiger partial charge >= 0.3 is 0 Å². The minimum Gasteiger partial charge on any atom is -0.383 e. The summed E-state index contributed by atoms with van der Waals surface area (Å²) in [5.41, 5.74) is 1.97. The van der Waals surface area contributed by atoms with Crippen LogP contribution >= 0.6 is 23.1 Å². The van der Waals surface area contributed by atoms with Crippen LogP contribution in [-0.2, 0) is 16.1 Å². The summed E-state index contributed by atoms with van der Waals surface area (Å²) < 4.78 is 5.77. The Morgan fingerprint density at radius 2 is 1.82 bits per heavy atom. The fourth-order valence-corrected chi connectivity index (χ4v) is 4.15. The van der Waals surface area contributed by atoms with Crippen LogP contribution in [0.5, 0.6) is 0 Å². The highest BCUT2D eigenvalue weighted by atomic mass is 32.2. The molecule has 28 heavy (non-hydrogen) atoms. The van der Waals surface area contributed by atoms with E-state index in [-0.39, 0.29) is 5.91 Å². The third-order valence-corrected chi connectivity index (χ3v) is 5.86. The number of carbonyl (C=O) groups excluding carboxylic acids is 1. The SMILES string of the molecule is COCCNc1nnc(SCC(=O)N(Cc2ccccc2)c2ccccc2)s1. The van der Waals surface area contributed by atoms with Gasteiger partial charge in [0, 0.05) is 19.3 Å². The van der Waals surface area contributed by atoms with E-state index in [1.54, 1.807) is 12.0 Å². The molecule has 0 atom stereocenters. The van der Waals surface area contributed by atoms with Crippen molar-refractivity contribution in [2.45, 2.75) is 10.9 Å². The van der Waals surface area contributed by atoms with E-state index in [9.17, 15) is 4.79 Å². The van der Waals surface area contributed by atoms with Crippen LogP contribution in [-0.4, -0.2) is 42.1 Å². The van der Waals surface area contributed by atoms with Gasteiger partial charge in [0.05, 0.1) is 18.9 Å². The van der Waals surface area contributed by atoms with E-state index in [0.717, 1.165) is 20.7 Å². The lowest BCUT2D eigenvalue weighted by atomic mass is 10.2. The number of benzene rings is 2. The number of methoxy groups -OCH3 is 1. The third kappa shape index (κ3) is 6.05. The summed E-state index contributed by atoms with van der Waals surface area (Å²) >= 11 is 2.84. The highest BCUT2D eigenvalue weighted by molar-refractivity contribution is 8.01. The van der Waals surface area contributed by atoms with E-state index in [1.165, 1.54) is 23.1 Å². The summed E-state index contributed by atoms with van der Waals surface area (Å²) in [7, 11) is 1.66. The Hall–Kier alpha value is -2.42. The molecule has 0 fully saturated rings. The molecular weight excluding hydrogens is 392 g/mol. The maximum atomic E-state index is 13.0. The average Bonchev–Trinajstić information content (AvgIpc) is 3.20. The van der Waals surface area contributed by atoms with Crippen molar-refractivity contribution in [3.8, 4) is 0 Å². The highest BCUT2D eigenvalue weighted by Gasteiger charge is 2.17. The highest BCUT2D eigenvalue weighted by Crippen LogP contribution is 2.26. The molecule has 1 N–H and O–H groups in total. The fraction of sp³-hybridized carbons (Fsp3) is 0.250. The number of amides is 1. The lowest BCUT2D eigenvalue weighted by Crippen LogP contribution is -2.31. The Bertz CT molecular complexity index is 859. The first-order valence-electron chi connectivity index (χ1n) is 8.84. The van der Waals surface area contributed by atoms with Gasteiger partial charge < -0.3 is 15.0 Å². The number of nitrogens with one attached hydrogen (secondary N) is 1. The number of aromatic nitrogens is 2. The predicted molar refractivity (Wildman–Crippen MR) is 115 cm³/mol. The Labute approximate surface area is 172 Å². The van der Waals surface area contributed by atoms with E-state index >= 15 is 0 Å². The van der Waals surface area contributed by atoms with Gasteiger partial charge in [0.15, 0.2) is 4.34 Å². The van der Waals surface area contributed by atoms with Crippen molar-refractivity contribution in [2.24, 2.45) is 0 Å². The molecule has 6 nitrogen and oxygen atoms in total. The van der Waals surface area contributed by atoms with Crippen molar-refractivity contribution in [3.63, 3.8) is 0 Å². The van der Waals surface area contributed by atoms with Crippen LogP contribution in [0.4, 0.5) is 10.8 Å². The number of hydrogen-bond donors (Lipinski definition) is 1. The average molecular weight is 415 g/mol. The quantitative estimate of drug-likeness (QED) is 0.401. The molecule has 8 heteroatoms. The molecule has 0 bridgehead atoms. The van der Waals surface area contributed by atoms with Crippen molar-refractivity contribution in [1.29, 1.82) is 0 Å². The summed E-state index contributed by atoms with van der Waals surface area (Å²) in [6.07, 6.45) is 0. The molecule has 146 valence electrons. The second-order valence-electron chi connectivity index (χ2n) is 5.88. The van der Waals surface area contributed by atoms with Crippen LogP contribution in [0, 0.1) is 0 Å². The number of carbonyl (C=O) groups is 1. The Kier molecular flexibility index (Phi) is 7.83. The molecule has 1 aromatic heterocycles. The number of ether oxygens (including phenoxy) is 1. The Morgan fingerprint density at radius 1 is 1.11 bits per heavy atom. The smallest absolute Gasteiger partial charge is 0.237 e. The van der Waals surface area contributed by atoms with Gasteiger partial charge in [-0.2, -0.15) is 0 Å². The lowest BCUT2D eigenvalue weighted by molar-refractivity contribution is -0.116. The molecule has 0 saturated carbocycles. The molecule has 1 heterocycles. The number of anilines is 2. The molecule has 0 spiro atoms. The largest absolute Gasteiger partial charge is 0.383 e. The Balaban J connectivity index is 1.63. The van der Waals surface area contributed by atoms with E-state index in [0.29, 0.717) is 25.4 Å². The number of rotatable bonds is 10. The molecule has 2 aromatic carbocycles. The van der Waals surface area contributed by atoms with Gasteiger partial charge in [-0.3, -0.25) is 4.79 Å². The van der Waals surface area contributed by atoms with Crippen LogP contribution in [0.25, 0.3) is 0 Å². The third-order valence-electron chi connectivity index (χ3n) is 3.86. The van der Waals surface area contributed by atoms with Crippen LogP contribution in [0.2, 0.25) is 0 Å². The monoisotopic (exact) mass is 414 g/mol. The molecule has 3 aromatic rings. The fourth-order valence-electron chi connectivity index (χ4n) is 2.50. The van der Waals surface area contributed by atoms with Crippen molar-refractivity contribution in [2.75, 3.05) is 36.2 Å². The first-order valence-corrected chi connectivity index (χ1v) is 10.6. The van der Waals surface area contributed by atoms with Gasteiger partial charge in [-0.25, -0.2) is 0 Å². The second-order valence-corrected chi connectivity index (χ2v) is 8.08. The van der Waals surface area contributed by atoms with Crippen LogP contribution in [0.15, 0.2) is 65.0 Å². The Morgan fingerprint density at radius 3 is 2.54 bits per heavy atom. The van der Waals surface area contributed by atoms with E-state index in [2.05, 4.69) is 15.5 Å². The summed E-state index contributed by atoms with van der Waals surface area (Å²) in [5.74, 6) is 0.332. The summed E-state index contributed by atoms with van der Waals surface area (Å²) in [4.78, 5) is 14.8. The molecule has 0 aliphatic rings. The van der Waals surface area contributed by atoms with Crippen LogP contribution < -0.4 is 10.2 Å². The predicted octanol–water partition coefficient (Wildman–Crippen LogP) is 3.92. The minimum atomic E-state index is 0.0316. The molecule has 0 aliphatic carbocycles. The molecule has 1 amide bonds. The molecular formula is C20H22N4O2S2. The molecule has 0 saturated heterocycles. The van der Waals surface area contributed by atoms with E-state index < -0.39 is 0 Å². The normalized spacial score (nSPS) is 10.6. The molecule has 0 radical (unpaired) electrons. The lowest BCUT2D eigenvalue weighted by Gasteiger charge is -2.22. The number of para-hydroxylation sites is 1. The van der Waals surface area contributed by atoms with Crippen LogP contribution in [0.3, 0.4) is 0 Å². The van der Waals surface area contributed by atoms with Crippen LogP contribution in [0.1, 0.15) is 5.56 Å². The zero-order valence-electron chi connectivity index (χ0n) is 15.6. The number of hydrogen-bond acceptors (Lipinski definition) is 7. The second kappa shape index (κ2) is 10.8. The summed E-state index contributed by atoms with van der Waals surface area (Å²) in [5, 5.41) is 12.1. The van der Waals surface area contributed by atoms with Crippen molar-refractivity contribution >= 4 is 39.8 Å². The number of thioether (sulfide) groups is 1. The van der Waals surface area contributed by atoms with Gasteiger partial charge in [-0.1, -0.05) is 71.6 Å². The molecule has 0 aliphatic heterocycles. The topological polar surface area (TPSA) is 67.3 Å². The van der Waals surface area contributed by atoms with Crippen molar-refractivity contribution in [3.05, 3.63) is 66.2 Å². The van der Waals surface area contributed by atoms with E-state index in [4.69, 9.17) is 4.74 Å². The van der Waals surface area contributed by atoms with Gasteiger partial charge in [0.25, 0.3) is 0 Å². The van der Waals surface area contributed by atoms with Gasteiger partial charge in [-0.15, -0.1) is 10.2 Å². The van der Waals surface area contributed by atoms with Gasteiger partial charge in [-0.05, 0) is 17.7 Å². The van der Waals surface area contributed by atoms with Crippen molar-refractivity contribution in [1.82, 2.24) is 10.2 Å². The maximum Gasteiger partial charge on any atom is 0.237 e. The zero-order valence-corrected chi connectivity index (χ0v) is 17.2. The van der Waals surface area contributed by atoms with E-state index in [1.807, 2.05) is 60.7 Å². The van der Waals surface area contributed by atoms with Gasteiger partial charge in [0.1, 0.15) is 0 Å². The summed E-state index contributed by atoms with van der Waals surface area (Å²) in [6.45, 7) is 1.81. The first-order chi connectivity index (χ1) is 13.8. The minimum absolute atomic E-state index is 0.0316. The zero-order chi connectivity index (χ0) is 19.6. The molecule has 0 unspecified atom stereocenters. The molecule has 3 rings (SSSR count). The van der Waals surface area contributed by atoms with Gasteiger partial charge in [0.2, 0.25) is 11.0 Å². The van der Waals surface area contributed by atoms with Crippen molar-refractivity contribution < 1.29 is 9.53 Å². The number of nitrogens with zero attached hydrogens (tertiary/aromatic N) is 3. The first kappa shape index (κ1) is 20.3.